The number of nitrogens with zero attached hydrogens (tertiary/aromatic N) is 3. The highest BCUT2D eigenvalue weighted by Crippen LogP contribution is 2.35. The Balaban J connectivity index is 1.89. The molecule has 0 bridgehead atoms. The second-order valence-electron chi connectivity index (χ2n) is 5.21. The normalized spacial score (nSPS) is 26.1. The van der Waals surface area contributed by atoms with Crippen molar-refractivity contribution in [3.63, 3.8) is 0 Å². The first-order valence-corrected chi connectivity index (χ1v) is 7.64. The molecule has 0 unspecified atom stereocenters. The van der Waals surface area contributed by atoms with Gasteiger partial charge >= 0.3 is 0 Å². The fourth-order valence-electron chi connectivity index (χ4n) is 3.09. The summed E-state index contributed by atoms with van der Waals surface area (Å²) < 4.78 is 6.52. The molecule has 20 heavy (non-hydrogen) atoms. The quantitative estimate of drug-likeness (QED) is 0.611. The molecule has 0 amide bonds. The molecule has 1 saturated carbocycles. The summed E-state index contributed by atoms with van der Waals surface area (Å²) in [6.45, 7) is 1.47. The zero-order valence-corrected chi connectivity index (χ0v) is 12.6. The van der Waals surface area contributed by atoms with Crippen molar-refractivity contribution in [2.45, 2.75) is 37.8 Å². The number of hydrogen-bond donors (Lipinski definition) is 0. The van der Waals surface area contributed by atoms with Crippen molar-refractivity contribution in [1.82, 2.24) is 4.98 Å². The maximum absolute atomic E-state index is 10.8. The molecule has 3 rings (SSSR count). The average molecular weight is 342 g/mol. The number of fused-ring (bicyclic) bond motifs is 1. The van der Waals surface area contributed by atoms with Gasteiger partial charge in [0.2, 0.25) is 0 Å². The lowest BCUT2D eigenvalue weighted by Gasteiger charge is -2.44. The Labute approximate surface area is 125 Å². The Morgan fingerprint density at radius 1 is 1.45 bits per heavy atom. The van der Waals surface area contributed by atoms with E-state index in [9.17, 15) is 10.1 Å². The fourth-order valence-corrected chi connectivity index (χ4v) is 3.66. The molecule has 1 aliphatic carbocycles. The summed E-state index contributed by atoms with van der Waals surface area (Å²) in [5.41, 5.74) is 0.00841. The van der Waals surface area contributed by atoms with Gasteiger partial charge in [-0.15, -0.1) is 0 Å². The van der Waals surface area contributed by atoms with Crippen LogP contribution in [-0.4, -0.2) is 35.2 Å². The van der Waals surface area contributed by atoms with Crippen LogP contribution >= 0.6 is 15.9 Å². The van der Waals surface area contributed by atoms with Crippen LogP contribution in [0.15, 0.2) is 16.7 Å². The molecule has 2 atom stereocenters. The van der Waals surface area contributed by atoms with Crippen LogP contribution in [-0.2, 0) is 4.74 Å². The van der Waals surface area contributed by atoms with E-state index in [2.05, 4.69) is 25.8 Å². The van der Waals surface area contributed by atoms with Gasteiger partial charge in [0.15, 0.2) is 0 Å². The third kappa shape index (κ3) is 2.52. The summed E-state index contributed by atoms with van der Waals surface area (Å²) in [6.07, 6.45) is 6.19. The first-order chi connectivity index (χ1) is 9.66. The van der Waals surface area contributed by atoms with Crippen molar-refractivity contribution in [2.24, 2.45) is 0 Å². The first-order valence-electron chi connectivity index (χ1n) is 6.85. The van der Waals surface area contributed by atoms with Crippen molar-refractivity contribution in [3.8, 4) is 0 Å². The average Bonchev–Trinajstić information content (AvgIpc) is 2.46. The fraction of sp³-hybridized carbons (Fsp3) is 0.615. The first kappa shape index (κ1) is 13.8. The zero-order valence-electron chi connectivity index (χ0n) is 11.0. The van der Waals surface area contributed by atoms with Crippen molar-refractivity contribution >= 4 is 27.4 Å². The minimum Gasteiger partial charge on any atom is -0.374 e. The monoisotopic (exact) mass is 341 g/mol. The standard InChI is InChI=1S/C13H16BrN3O3/c14-10-7-9(17(18)19)8-15-13(10)16-5-6-20-12-4-2-1-3-11(12)16/h7-8,11-12H,1-6H2/t11-,12+/m1/s1. The number of rotatable bonds is 2. The molecule has 6 nitrogen and oxygen atoms in total. The smallest absolute Gasteiger partial charge is 0.288 e. The van der Waals surface area contributed by atoms with Gasteiger partial charge in [-0.25, -0.2) is 4.98 Å². The second kappa shape index (κ2) is 5.65. The van der Waals surface area contributed by atoms with Gasteiger partial charge in [-0.05, 0) is 28.8 Å². The van der Waals surface area contributed by atoms with Crippen LogP contribution in [0.3, 0.4) is 0 Å². The van der Waals surface area contributed by atoms with Crippen LogP contribution in [0, 0.1) is 10.1 Å². The van der Waals surface area contributed by atoms with E-state index >= 15 is 0 Å². The van der Waals surface area contributed by atoms with Crippen LogP contribution in [0.4, 0.5) is 11.5 Å². The molecule has 0 radical (unpaired) electrons. The van der Waals surface area contributed by atoms with Crippen molar-refractivity contribution in [2.75, 3.05) is 18.1 Å². The van der Waals surface area contributed by atoms with Gasteiger partial charge in [0.25, 0.3) is 5.69 Å². The predicted octanol–water partition coefficient (Wildman–Crippen LogP) is 2.90. The second-order valence-corrected chi connectivity index (χ2v) is 6.06. The summed E-state index contributed by atoms with van der Waals surface area (Å²) in [6, 6.07) is 1.86. The van der Waals surface area contributed by atoms with Crippen LogP contribution in [0.1, 0.15) is 25.7 Å². The number of hydrogen-bond acceptors (Lipinski definition) is 5. The van der Waals surface area contributed by atoms with Gasteiger partial charge < -0.3 is 9.64 Å². The molecule has 0 aromatic carbocycles. The SMILES string of the molecule is O=[N+]([O-])c1cnc(N2CCO[C@H]3CCCC[C@H]32)c(Br)c1. The zero-order chi connectivity index (χ0) is 14.1. The Kier molecular flexibility index (Phi) is 3.89. The van der Waals surface area contributed by atoms with E-state index in [1.807, 2.05) is 0 Å². The molecule has 2 aliphatic rings. The van der Waals surface area contributed by atoms with Crippen molar-refractivity contribution < 1.29 is 9.66 Å². The number of pyridine rings is 1. The van der Waals surface area contributed by atoms with Crippen LogP contribution in [0.5, 0.6) is 0 Å². The van der Waals surface area contributed by atoms with Gasteiger partial charge in [-0.3, -0.25) is 10.1 Å². The Bertz CT molecular complexity index is 524. The maximum atomic E-state index is 10.8. The molecule has 1 aromatic heterocycles. The summed E-state index contributed by atoms with van der Waals surface area (Å²) in [5.74, 6) is 0.788. The minimum absolute atomic E-state index is 0.00841. The molecule has 2 heterocycles. The number of ether oxygens (including phenoxy) is 1. The van der Waals surface area contributed by atoms with Crippen LogP contribution < -0.4 is 4.90 Å². The van der Waals surface area contributed by atoms with E-state index in [4.69, 9.17) is 4.74 Å². The predicted molar refractivity (Wildman–Crippen MR) is 77.9 cm³/mol. The number of aromatic nitrogens is 1. The van der Waals surface area contributed by atoms with Crippen LogP contribution in [0.2, 0.25) is 0 Å². The summed E-state index contributed by atoms with van der Waals surface area (Å²) in [4.78, 5) is 16.9. The highest BCUT2D eigenvalue weighted by molar-refractivity contribution is 9.10. The highest BCUT2D eigenvalue weighted by Gasteiger charge is 2.35. The van der Waals surface area contributed by atoms with Gasteiger partial charge in [0.05, 0.1) is 28.1 Å². The largest absolute Gasteiger partial charge is 0.374 e. The van der Waals surface area contributed by atoms with Gasteiger partial charge in [0.1, 0.15) is 12.0 Å². The Morgan fingerprint density at radius 3 is 3.00 bits per heavy atom. The van der Waals surface area contributed by atoms with Crippen molar-refractivity contribution in [3.05, 3.63) is 26.9 Å². The maximum Gasteiger partial charge on any atom is 0.288 e. The lowest BCUT2D eigenvalue weighted by molar-refractivity contribution is -0.385. The molecular formula is C13H16BrN3O3. The summed E-state index contributed by atoms with van der Waals surface area (Å²) in [5, 5.41) is 10.8. The Morgan fingerprint density at radius 2 is 2.25 bits per heavy atom. The van der Waals surface area contributed by atoms with E-state index in [-0.39, 0.29) is 11.8 Å². The van der Waals surface area contributed by atoms with Gasteiger partial charge in [0, 0.05) is 12.6 Å². The van der Waals surface area contributed by atoms with Gasteiger partial charge in [-0.2, -0.15) is 0 Å². The highest BCUT2D eigenvalue weighted by atomic mass is 79.9. The molecule has 0 N–H and O–H groups in total. The van der Waals surface area contributed by atoms with E-state index in [0.717, 1.165) is 25.2 Å². The van der Waals surface area contributed by atoms with Crippen LogP contribution in [0.25, 0.3) is 0 Å². The molecular weight excluding hydrogens is 326 g/mol. The topological polar surface area (TPSA) is 68.5 Å². The number of halogens is 1. The number of anilines is 1. The van der Waals surface area contributed by atoms with E-state index < -0.39 is 4.92 Å². The lowest BCUT2D eigenvalue weighted by Crippen LogP contribution is -2.53. The molecule has 2 fully saturated rings. The molecule has 108 valence electrons. The Hall–Kier alpha value is -1.21. The van der Waals surface area contributed by atoms with Gasteiger partial charge in [-0.1, -0.05) is 12.8 Å². The third-order valence-corrected chi connectivity index (χ3v) is 4.61. The summed E-state index contributed by atoms with van der Waals surface area (Å²) >= 11 is 3.42. The third-order valence-electron chi connectivity index (χ3n) is 4.02. The molecule has 1 aromatic rings. The minimum atomic E-state index is -0.426. The molecule has 1 aliphatic heterocycles. The van der Waals surface area contributed by atoms with E-state index in [1.165, 1.54) is 25.1 Å². The summed E-state index contributed by atoms with van der Waals surface area (Å²) in [7, 11) is 0. The van der Waals surface area contributed by atoms with Crippen molar-refractivity contribution in [1.29, 1.82) is 0 Å². The van der Waals surface area contributed by atoms with E-state index in [0.29, 0.717) is 17.1 Å². The molecule has 0 spiro atoms. The number of nitro groups is 1. The molecule has 1 saturated heterocycles. The van der Waals surface area contributed by atoms with E-state index in [1.54, 1.807) is 0 Å². The lowest BCUT2D eigenvalue weighted by atomic mass is 9.90. The number of morpholine rings is 1. The molecule has 7 heteroatoms.